The molecule has 1 amide bonds. The van der Waals surface area contributed by atoms with E-state index in [1.54, 1.807) is 19.1 Å². The Morgan fingerprint density at radius 3 is 2.39 bits per heavy atom. The lowest BCUT2D eigenvalue weighted by Crippen LogP contribution is -2.54. The fourth-order valence-electron chi connectivity index (χ4n) is 6.24. The van der Waals surface area contributed by atoms with E-state index in [4.69, 9.17) is 0 Å². The zero-order chi connectivity index (χ0) is 26.5. The van der Waals surface area contributed by atoms with E-state index in [9.17, 15) is 9.18 Å². The second-order valence-corrected chi connectivity index (χ2v) is 11.1. The van der Waals surface area contributed by atoms with Crippen LogP contribution in [0.15, 0.2) is 66.7 Å². The summed E-state index contributed by atoms with van der Waals surface area (Å²) in [6.07, 6.45) is 8.27. The van der Waals surface area contributed by atoms with Gasteiger partial charge in [0.05, 0.1) is 6.54 Å². The zero-order valence-corrected chi connectivity index (χ0v) is 22.7. The molecule has 3 aromatic carbocycles. The van der Waals surface area contributed by atoms with Gasteiger partial charge in [-0.25, -0.2) is 4.39 Å². The Labute approximate surface area is 226 Å². The Kier molecular flexibility index (Phi) is 8.25. The number of halogens is 1. The molecule has 2 fully saturated rings. The summed E-state index contributed by atoms with van der Waals surface area (Å²) in [6.45, 7) is 6.18. The Bertz CT molecular complexity index is 1240. The van der Waals surface area contributed by atoms with E-state index in [2.05, 4.69) is 71.0 Å². The maximum absolute atomic E-state index is 13.7. The van der Waals surface area contributed by atoms with Crippen LogP contribution in [0.1, 0.15) is 62.1 Å². The number of rotatable bonds is 8. The molecule has 1 heterocycles. The number of aryl methyl sites for hydroxylation is 2. The van der Waals surface area contributed by atoms with E-state index in [1.165, 1.54) is 54.0 Å². The summed E-state index contributed by atoms with van der Waals surface area (Å²) in [6, 6.07) is 23.1. The minimum atomic E-state index is -0.265. The Balaban J connectivity index is 1.33. The number of carbonyl (C=O) groups excluding carboxylic acids is 1. The highest BCUT2D eigenvalue weighted by molar-refractivity contribution is 5.92. The maximum Gasteiger partial charge on any atom is 0.238 e. The van der Waals surface area contributed by atoms with Crippen LogP contribution in [-0.4, -0.2) is 36.5 Å². The molecule has 5 heteroatoms. The number of hydrogen-bond donors (Lipinski definition) is 2. The van der Waals surface area contributed by atoms with Crippen molar-refractivity contribution in [3.8, 4) is 11.1 Å². The van der Waals surface area contributed by atoms with Gasteiger partial charge in [0.1, 0.15) is 5.82 Å². The molecule has 0 bridgehead atoms. The van der Waals surface area contributed by atoms with E-state index in [0.717, 1.165) is 32.4 Å². The van der Waals surface area contributed by atoms with Gasteiger partial charge < -0.3 is 10.2 Å². The number of benzene rings is 3. The second-order valence-electron chi connectivity index (χ2n) is 11.1. The fourth-order valence-corrected chi connectivity index (χ4v) is 6.24. The third-order valence-corrected chi connectivity index (χ3v) is 8.63. The molecular weight excluding hydrogens is 473 g/mol. The van der Waals surface area contributed by atoms with Gasteiger partial charge in [-0.15, -0.1) is 0 Å². The van der Waals surface area contributed by atoms with Crippen LogP contribution in [0.2, 0.25) is 0 Å². The third kappa shape index (κ3) is 6.00. The van der Waals surface area contributed by atoms with Gasteiger partial charge >= 0.3 is 0 Å². The van der Waals surface area contributed by atoms with Crippen molar-refractivity contribution >= 4 is 11.6 Å². The van der Waals surface area contributed by atoms with Gasteiger partial charge in [-0.1, -0.05) is 68.3 Å². The van der Waals surface area contributed by atoms with Crippen molar-refractivity contribution in [2.45, 2.75) is 70.4 Å². The third-order valence-electron chi connectivity index (χ3n) is 8.63. The van der Waals surface area contributed by atoms with Crippen molar-refractivity contribution in [1.29, 1.82) is 0 Å². The highest BCUT2D eigenvalue weighted by Crippen LogP contribution is 2.37. The van der Waals surface area contributed by atoms with E-state index in [0.29, 0.717) is 17.3 Å². The molecule has 0 aromatic heterocycles. The summed E-state index contributed by atoms with van der Waals surface area (Å²) < 4.78 is 13.7. The Morgan fingerprint density at radius 2 is 1.71 bits per heavy atom. The molecule has 0 radical (unpaired) electrons. The van der Waals surface area contributed by atoms with Gasteiger partial charge in [0.2, 0.25) is 5.91 Å². The van der Waals surface area contributed by atoms with E-state index in [1.807, 2.05) is 0 Å². The number of piperidine rings is 1. The zero-order valence-electron chi connectivity index (χ0n) is 22.7. The van der Waals surface area contributed by atoms with Crippen molar-refractivity contribution in [2.24, 2.45) is 0 Å². The summed E-state index contributed by atoms with van der Waals surface area (Å²) >= 11 is 0. The standard InChI is InChI=1S/C33H40FN3O/c1-3-25-7-6-8-27(22-25)26-11-13-28(14-12-26)33(17-19-37(20-18-33)30-9-4-5-10-30)35-23-32(38)36-29-15-16-31(34)24(2)21-29/h6-8,11-16,21-22,30,35H,3-5,9-10,17-20,23H2,1-2H3,(H,36,38). The van der Waals surface area contributed by atoms with Crippen LogP contribution in [0.3, 0.4) is 0 Å². The van der Waals surface area contributed by atoms with E-state index < -0.39 is 0 Å². The predicted octanol–water partition coefficient (Wildman–Crippen LogP) is 6.83. The molecule has 1 saturated heterocycles. The second kappa shape index (κ2) is 11.8. The van der Waals surface area contributed by atoms with Crippen LogP contribution in [0, 0.1) is 12.7 Å². The molecule has 200 valence electrons. The number of likely N-dealkylation sites (tertiary alicyclic amines) is 1. The molecular formula is C33H40FN3O. The molecule has 3 aromatic rings. The first-order valence-electron chi connectivity index (χ1n) is 14.2. The summed E-state index contributed by atoms with van der Waals surface area (Å²) in [4.78, 5) is 15.6. The van der Waals surface area contributed by atoms with Gasteiger partial charge in [-0.3, -0.25) is 10.1 Å². The van der Waals surface area contributed by atoms with Crippen LogP contribution >= 0.6 is 0 Å². The minimum absolute atomic E-state index is 0.110. The predicted molar refractivity (Wildman–Crippen MR) is 154 cm³/mol. The monoisotopic (exact) mass is 513 g/mol. The summed E-state index contributed by atoms with van der Waals surface area (Å²) in [5, 5.41) is 6.61. The first-order valence-corrected chi connectivity index (χ1v) is 14.2. The number of nitrogens with one attached hydrogen (secondary N) is 2. The highest BCUT2D eigenvalue weighted by atomic mass is 19.1. The number of nitrogens with zero attached hydrogens (tertiary/aromatic N) is 1. The Morgan fingerprint density at radius 1 is 0.974 bits per heavy atom. The molecule has 1 saturated carbocycles. The van der Waals surface area contributed by atoms with E-state index >= 15 is 0 Å². The van der Waals surface area contributed by atoms with E-state index in [-0.39, 0.29) is 23.8 Å². The fraction of sp³-hybridized carbons (Fsp3) is 0.424. The number of carbonyl (C=O) groups is 1. The molecule has 2 N–H and O–H groups in total. The number of hydrogen-bond acceptors (Lipinski definition) is 3. The largest absolute Gasteiger partial charge is 0.325 e. The molecule has 38 heavy (non-hydrogen) atoms. The van der Waals surface area contributed by atoms with Gasteiger partial charge in [-0.2, -0.15) is 0 Å². The first-order chi connectivity index (χ1) is 18.5. The lowest BCUT2D eigenvalue weighted by molar-refractivity contribution is -0.116. The molecule has 5 rings (SSSR count). The topological polar surface area (TPSA) is 44.4 Å². The van der Waals surface area contributed by atoms with Gasteiger partial charge in [0.15, 0.2) is 0 Å². The molecule has 0 spiro atoms. The van der Waals surface area contributed by atoms with Crippen molar-refractivity contribution in [3.05, 3.63) is 89.2 Å². The molecule has 2 aliphatic rings. The summed E-state index contributed by atoms with van der Waals surface area (Å²) in [5.74, 6) is -0.374. The lowest BCUT2D eigenvalue weighted by atomic mass is 9.79. The average molecular weight is 514 g/mol. The van der Waals surface area contributed by atoms with Crippen molar-refractivity contribution < 1.29 is 9.18 Å². The Hall–Kier alpha value is -3.02. The molecule has 1 aliphatic heterocycles. The van der Waals surface area contributed by atoms with Crippen LogP contribution in [0.4, 0.5) is 10.1 Å². The average Bonchev–Trinajstić information content (AvgIpc) is 3.50. The lowest BCUT2D eigenvalue weighted by Gasteiger charge is -2.45. The van der Waals surface area contributed by atoms with Crippen molar-refractivity contribution in [1.82, 2.24) is 10.2 Å². The van der Waals surface area contributed by atoms with Gasteiger partial charge in [0, 0.05) is 30.4 Å². The summed E-state index contributed by atoms with van der Waals surface area (Å²) in [5.41, 5.74) is 5.93. The van der Waals surface area contributed by atoms with Crippen LogP contribution in [0.25, 0.3) is 11.1 Å². The number of anilines is 1. The van der Waals surface area contributed by atoms with Crippen LogP contribution < -0.4 is 10.6 Å². The molecule has 1 aliphatic carbocycles. The van der Waals surface area contributed by atoms with Gasteiger partial charge in [0.25, 0.3) is 0 Å². The van der Waals surface area contributed by atoms with Crippen LogP contribution in [-0.2, 0) is 16.8 Å². The SMILES string of the molecule is CCc1cccc(-c2ccc(C3(NCC(=O)Nc4ccc(F)c(C)c4)CCN(C4CCCC4)CC3)cc2)c1. The first kappa shape index (κ1) is 26.6. The van der Waals surface area contributed by atoms with Gasteiger partial charge in [-0.05, 0) is 85.0 Å². The van der Waals surface area contributed by atoms with Crippen molar-refractivity contribution in [2.75, 3.05) is 25.0 Å². The van der Waals surface area contributed by atoms with Crippen molar-refractivity contribution in [3.63, 3.8) is 0 Å². The normalized spacial score (nSPS) is 18.0. The molecule has 0 unspecified atom stereocenters. The van der Waals surface area contributed by atoms with Crippen LogP contribution in [0.5, 0.6) is 0 Å². The highest BCUT2D eigenvalue weighted by Gasteiger charge is 2.38. The smallest absolute Gasteiger partial charge is 0.238 e. The maximum atomic E-state index is 13.7. The molecule has 4 nitrogen and oxygen atoms in total. The molecule has 0 atom stereocenters. The minimum Gasteiger partial charge on any atom is -0.325 e. The quantitative estimate of drug-likeness (QED) is 0.347. The number of amides is 1. The summed E-state index contributed by atoms with van der Waals surface area (Å²) in [7, 11) is 0.